The maximum absolute atomic E-state index is 6.06. The molecule has 0 spiro atoms. The van der Waals surface area contributed by atoms with Gasteiger partial charge in [0.25, 0.3) is 0 Å². The molecule has 1 aliphatic rings. The third kappa shape index (κ3) is 4.46. The van der Waals surface area contributed by atoms with Crippen LogP contribution in [0.25, 0.3) is 0 Å². The topological polar surface area (TPSA) is 9.23 Å². The Morgan fingerprint density at radius 3 is 2.65 bits per heavy atom. The van der Waals surface area contributed by atoms with Gasteiger partial charge in [-0.2, -0.15) is 0 Å². The molecule has 0 saturated carbocycles. The monoisotopic (exact) mass is 290 g/mol. The molecule has 2 heteroatoms. The first-order chi connectivity index (χ1) is 9.74. The molecular weight excluding hydrogens is 260 g/mol. The standard InChI is InChI=1S/C18H30OSi/c1-3-4-9-14-18(2,16-11-6-5-7-12-16)20-17-13-8-10-15-19-17/h5-7,11-12,17H,3-4,8-10,13-15,20H2,1-2H3. The summed E-state index contributed by atoms with van der Waals surface area (Å²) in [6.07, 6.45) is 9.33. The molecule has 1 aromatic rings. The van der Waals surface area contributed by atoms with Crippen LogP contribution in [0.5, 0.6) is 0 Å². The molecule has 2 unspecified atom stereocenters. The predicted octanol–water partition coefficient (Wildman–Crippen LogP) is 4.18. The first-order valence-corrected chi connectivity index (χ1v) is 9.94. The van der Waals surface area contributed by atoms with Gasteiger partial charge < -0.3 is 4.74 Å². The van der Waals surface area contributed by atoms with Crippen molar-refractivity contribution >= 4 is 9.52 Å². The van der Waals surface area contributed by atoms with Gasteiger partial charge in [-0.05, 0) is 36.3 Å². The average Bonchev–Trinajstić information content (AvgIpc) is 2.49. The van der Waals surface area contributed by atoms with Crippen molar-refractivity contribution in [3.63, 3.8) is 0 Å². The molecule has 0 bridgehead atoms. The van der Waals surface area contributed by atoms with Crippen molar-refractivity contribution in [3.05, 3.63) is 35.9 Å². The molecule has 112 valence electrons. The van der Waals surface area contributed by atoms with E-state index in [1.54, 1.807) is 5.56 Å². The minimum atomic E-state index is -0.265. The molecule has 1 saturated heterocycles. The Balaban J connectivity index is 2.06. The van der Waals surface area contributed by atoms with Crippen molar-refractivity contribution < 1.29 is 4.74 Å². The third-order valence-corrected chi connectivity index (χ3v) is 7.52. The zero-order chi connectivity index (χ0) is 14.3. The van der Waals surface area contributed by atoms with Gasteiger partial charge in [0.1, 0.15) is 0 Å². The van der Waals surface area contributed by atoms with E-state index in [1.807, 2.05) is 0 Å². The fourth-order valence-corrected chi connectivity index (χ4v) is 6.15. The Hall–Kier alpha value is -0.603. The van der Waals surface area contributed by atoms with Crippen molar-refractivity contribution in [1.82, 2.24) is 0 Å². The summed E-state index contributed by atoms with van der Waals surface area (Å²) in [4.78, 5) is 0. The number of ether oxygens (including phenoxy) is 1. The molecule has 0 amide bonds. The highest BCUT2D eigenvalue weighted by molar-refractivity contribution is 6.41. The molecule has 20 heavy (non-hydrogen) atoms. The molecule has 1 aromatic carbocycles. The first-order valence-electron chi connectivity index (χ1n) is 8.42. The van der Waals surface area contributed by atoms with Gasteiger partial charge in [0.05, 0.1) is 9.52 Å². The van der Waals surface area contributed by atoms with Crippen molar-refractivity contribution in [2.24, 2.45) is 0 Å². The lowest BCUT2D eigenvalue weighted by molar-refractivity contribution is 0.0629. The molecule has 2 atom stereocenters. The summed E-state index contributed by atoms with van der Waals surface area (Å²) < 4.78 is 6.06. The van der Waals surface area contributed by atoms with Crippen LogP contribution >= 0.6 is 0 Å². The number of hydrogen-bond donors (Lipinski definition) is 0. The highest BCUT2D eigenvalue weighted by Crippen LogP contribution is 2.31. The summed E-state index contributed by atoms with van der Waals surface area (Å²) in [6.45, 7) is 5.79. The fraction of sp³-hybridized carbons (Fsp3) is 0.667. The fourth-order valence-electron chi connectivity index (χ4n) is 3.44. The Morgan fingerprint density at radius 2 is 2.00 bits per heavy atom. The number of rotatable bonds is 7. The summed E-state index contributed by atoms with van der Waals surface area (Å²) in [7, 11) is -0.265. The summed E-state index contributed by atoms with van der Waals surface area (Å²) in [5, 5.41) is 0.415. The number of unbranched alkanes of at least 4 members (excludes halogenated alkanes) is 2. The zero-order valence-electron chi connectivity index (χ0n) is 13.2. The Labute approximate surface area is 126 Å². The highest BCUT2D eigenvalue weighted by Gasteiger charge is 2.31. The van der Waals surface area contributed by atoms with E-state index < -0.39 is 0 Å². The normalized spacial score (nSPS) is 23.0. The van der Waals surface area contributed by atoms with Crippen LogP contribution in [0.3, 0.4) is 0 Å². The van der Waals surface area contributed by atoms with Crippen molar-refractivity contribution in [1.29, 1.82) is 0 Å². The van der Waals surface area contributed by atoms with Gasteiger partial charge in [0.2, 0.25) is 0 Å². The first kappa shape index (κ1) is 15.8. The molecule has 1 aliphatic heterocycles. The van der Waals surface area contributed by atoms with Crippen LogP contribution in [0.1, 0.15) is 64.4 Å². The van der Waals surface area contributed by atoms with Crippen LogP contribution in [0, 0.1) is 0 Å². The zero-order valence-corrected chi connectivity index (χ0v) is 14.7. The maximum Gasteiger partial charge on any atom is 0.0671 e. The lowest BCUT2D eigenvalue weighted by Crippen LogP contribution is -2.40. The van der Waals surface area contributed by atoms with E-state index in [1.165, 1.54) is 44.9 Å². The smallest absolute Gasteiger partial charge is 0.0671 e. The van der Waals surface area contributed by atoms with E-state index in [4.69, 9.17) is 4.74 Å². The quantitative estimate of drug-likeness (QED) is 0.541. The van der Waals surface area contributed by atoms with Crippen molar-refractivity contribution in [2.75, 3.05) is 6.61 Å². The highest BCUT2D eigenvalue weighted by atomic mass is 28.2. The lowest BCUT2D eigenvalue weighted by Gasteiger charge is -2.35. The minimum Gasteiger partial charge on any atom is -0.382 e. The van der Waals surface area contributed by atoms with E-state index in [0.29, 0.717) is 10.8 Å². The summed E-state index contributed by atoms with van der Waals surface area (Å²) in [5.41, 5.74) is 2.16. The van der Waals surface area contributed by atoms with Crippen molar-refractivity contribution in [3.8, 4) is 0 Å². The molecule has 1 heterocycles. The van der Waals surface area contributed by atoms with Crippen LogP contribution in [-0.4, -0.2) is 21.9 Å². The minimum absolute atomic E-state index is 0.265. The van der Waals surface area contributed by atoms with E-state index >= 15 is 0 Å². The van der Waals surface area contributed by atoms with Gasteiger partial charge in [-0.25, -0.2) is 0 Å². The summed E-state index contributed by atoms with van der Waals surface area (Å²) in [5.74, 6) is 0. The van der Waals surface area contributed by atoms with Gasteiger partial charge in [0, 0.05) is 12.3 Å². The lowest BCUT2D eigenvalue weighted by atomic mass is 9.94. The van der Waals surface area contributed by atoms with E-state index in [0.717, 1.165) is 6.61 Å². The Bertz CT molecular complexity index is 372. The third-order valence-electron chi connectivity index (χ3n) is 4.76. The van der Waals surface area contributed by atoms with Crippen LogP contribution in [0.15, 0.2) is 30.3 Å². The molecular formula is C18H30OSi. The van der Waals surface area contributed by atoms with E-state index in [-0.39, 0.29) is 9.52 Å². The Morgan fingerprint density at radius 1 is 1.20 bits per heavy atom. The second-order valence-electron chi connectivity index (χ2n) is 6.58. The maximum atomic E-state index is 6.06. The largest absolute Gasteiger partial charge is 0.382 e. The van der Waals surface area contributed by atoms with E-state index in [9.17, 15) is 0 Å². The number of benzene rings is 1. The molecule has 0 aliphatic carbocycles. The van der Waals surface area contributed by atoms with E-state index in [2.05, 4.69) is 44.2 Å². The summed E-state index contributed by atoms with van der Waals surface area (Å²) in [6, 6.07) is 11.2. The van der Waals surface area contributed by atoms with Crippen LogP contribution in [0.4, 0.5) is 0 Å². The SMILES string of the molecule is CCCCCC(C)([SiH2]C1CCCCO1)c1ccccc1. The van der Waals surface area contributed by atoms with Gasteiger partial charge in [-0.1, -0.05) is 63.4 Å². The van der Waals surface area contributed by atoms with Crippen molar-refractivity contribution in [2.45, 2.75) is 69.6 Å². The molecule has 1 nitrogen and oxygen atoms in total. The molecule has 0 aromatic heterocycles. The second-order valence-corrected chi connectivity index (χ2v) is 9.46. The summed E-state index contributed by atoms with van der Waals surface area (Å²) >= 11 is 0. The van der Waals surface area contributed by atoms with Gasteiger partial charge in [-0.3, -0.25) is 0 Å². The van der Waals surface area contributed by atoms with Gasteiger partial charge >= 0.3 is 0 Å². The predicted molar refractivity (Wildman–Crippen MR) is 90.1 cm³/mol. The molecule has 0 N–H and O–H groups in total. The average molecular weight is 291 g/mol. The van der Waals surface area contributed by atoms with Crippen LogP contribution in [0.2, 0.25) is 0 Å². The van der Waals surface area contributed by atoms with Crippen LogP contribution < -0.4 is 0 Å². The Kier molecular flexibility index (Phi) is 6.30. The number of hydrogen-bond acceptors (Lipinski definition) is 1. The molecule has 0 radical (unpaired) electrons. The van der Waals surface area contributed by atoms with Gasteiger partial charge in [-0.15, -0.1) is 0 Å². The van der Waals surface area contributed by atoms with Crippen LogP contribution in [-0.2, 0) is 9.78 Å². The van der Waals surface area contributed by atoms with Gasteiger partial charge in [0.15, 0.2) is 0 Å². The molecule has 2 rings (SSSR count). The molecule has 1 fully saturated rings. The second kappa shape index (κ2) is 7.99.